The SMILES string of the molecule is O=C(NCC1(C(=O)O)CCOCC1)c1ccc(Cl)c(Br)c1. The van der Waals surface area contributed by atoms with Crippen LogP contribution in [0.5, 0.6) is 0 Å². The molecule has 1 heterocycles. The number of nitrogens with one attached hydrogen (secondary N) is 1. The van der Waals surface area contributed by atoms with Crippen LogP contribution < -0.4 is 5.32 Å². The van der Waals surface area contributed by atoms with E-state index in [-0.39, 0.29) is 12.5 Å². The fourth-order valence-corrected chi connectivity index (χ4v) is 2.71. The van der Waals surface area contributed by atoms with E-state index in [4.69, 9.17) is 16.3 Å². The van der Waals surface area contributed by atoms with Crippen LogP contribution in [-0.2, 0) is 9.53 Å². The summed E-state index contributed by atoms with van der Waals surface area (Å²) >= 11 is 9.13. The first kappa shape index (κ1) is 16.3. The number of carbonyl (C=O) groups excluding carboxylic acids is 1. The zero-order valence-electron chi connectivity index (χ0n) is 11.2. The van der Waals surface area contributed by atoms with Gasteiger partial charge in [-0.25, -0.2) is 0 Å². The molecular weight excluding hydrogens is 362 g/mol. The van der Waals surface area contributed by atoms with Crippen LogP contribution in [0.15, 0.2) is 22.7 Å². The zero-order chi connectivity index (χ0) is 15.5. The normalized spacial score (nSPS) is 17.2. The van der Waals surface area contributed by atoms with E-state index in [1.54, 1.807) is 18.2 Å². The lowest BCUT2D eigenvalue weighted by Crippen LogP contribution is -2.46. The molecule has 0 bridgehead atoms. The van der Waals surface area contributed by atoms with Crippen molar-refractivity contribution >= 4 is 39.4 Å². The van der Waals surface area contributed by atoms with E-state index >= 15 is 0 Å². The molecule has 0 unspecified atom stereocenters. The van der Waals surface area contributed by atoms with E-state index in [9.17, 15) is 14.7 Å². The monoisotopic (exact) mass is 375 g/mol. The predicted molar refractivity (Wildman–Crippen MR) is 81.6 cm³/mol. The number of aliphatic carboxylic acids is 1. The maximum absolute atomic E-state index is 12.1. The van der Waals surface area contributed by atoms with Gasteiger partial charge in [-0.1, -0.05) is 11.6 Å². The van der Waals surface area contributed by atoms with E-state index in [0.29, 0.717) is 41.1 Å². The Hall–Kier alpha value is -1.11. The molecule has 2 N–H and O–H groups in total. The van der Waals surface area contributed by atoms with Gasteiger partial charge in [0, 0.05) is 29.8 Å². The number of benzene rings is 1. The quantitative estimate of drug-likeness (QED) is 0.847. The van der Waals surface area contributed by atoms with Crippen LogP contribution in [-0.4, -0.2) is 36.7 Å². The Bertz CT molecular complexity index is 558. The molecule has 0 radical (unpaired) electrons. The van der Waals surface area contributed by atoms with Gasteiger partial charge in [-0.15, -0.1) is 0 Å². The summed E-state index contributed by atoms with van der Waals surface area (Å²) in [6.07, 6.45) is 0.792. The Balaban J connectivity index is 2.05. The average molecular weight is 377 g/mol. The summed E-state index contributed by atoms with van der Waals surface area (Å²) in [7, 11) is 0. The van der Waals surface area contributed by atoms with Crippen LogP contribution in [0, 0.1) is 5.41 Å². The first-order chi connectivity index (χ1) is 9.94. The zero-order valence-corrected chi connectivity index (χ0v) is 13.5. The highest BCUT2D eigenvalue weighted by atomic mass is 79.9. The molecule has 1 aliphatic heterocycles. The minimum Gasteiger partial charge on any atom is -0.481 e. The second kappa shape index (κ2) is 6.77. The van der Waals surface area contributed by atoms with Crippen molar-refractivity contribution in [1.82, 2.24) is 5.32 Å². The Morgan fingerprint density at radius 2 is 2.05 bits per heavy atom. The van der Waals surface area contributed by atoms with Gasteiger partial charge in [-0.05, 0) is 47.0 Å². The van der Waals surface area contributed by atoms with Gasteiger partial charge in [-0.2, -0.15) is 0 Å². The van der Waals surface area contributed by atoms with Gasteiger partial charge in [-0.3, -0.25) is 9.59 Å². The van der Waals surface area contributed by atoms with E-state index in [2.05, 4.69) is 21.2 Å². The van der Waals surface area contributed by atoms with Crippen molar-refractivity contribution in [3.63, 3.8) is 0 Å². The largest absolute Gasteiger partial charge is 0.481 e. The van der Waals surface area contributed by atoms with Gasteiger partial charge in [0.05, 0.1) is 10.4 Å². The summed E-state index contributed by atoms with van der Waals surface area (Å²) in [5.41, 5.74) is -0.517. The molecular formula is C14H15BrClNO4. The molecule has 2 rings (SSSR count). The van der Waals surface area contributed by atoms with Crippen LogP contribution in [0.25, 0.3) is 0 Å². The molecule has 1 aliphatic rings. The number of hydrogen-bond donors (Lipinski definition) is 2. The fraction of sp³-hybridized carbons (Fsp3) is 0.429. The maximum Gasteiger partial charge on any atom is 0.311 e. The molecule has 5 nitrogen and oxygen atoms in total. The molecule has 1 aromatic rings. The van der Waals surface area contributed by atoms with Gasteiger partial charge in [0.15, 0.2) is 0 Å². The summed E-state index contributed by atoms with van der Waals surface area (Å²) < 4.78 is 5.82. The molecule has 0 aromatic heterocycles. The van der Waals surface area contributed by atoms with Crippen LogP contribution in [0.1, 0.15) is 23.2 Å². The van der Waals surface area contributed by atoms with Gasteiger partial charge < -0.3 is 15.2 Å². The van der Waals surface area contributed by atoms with Gasteiger partial charge in [0.1, 0.15) is 0 Å². The van der Waals surface area contributed by atoms with Gasteiger partial charge in [0.25, 0.3) is 5.91 Å². The summed E-state index contributed by atoms with van der Waals surface area (Å²) in [6.45, 7) is 0.883. The summed E-state index contributed by atoms with van der Waals surface area (Å²) in [5, 5.41) is 12.6. The number of hydrogen-bond acceptors (Lipinski definition) is 3. The van der Waals surface area contributed by atoms with Crippen molar-refractivity contribution in [2.24, 2.45) is 5.41 Å². The molecule has 1 amide bonds. The van der Waals surface area contributed by atoms with E-state index in [0.717, 1.165) is 0 Å². The standard InChI is InChI=1S/C14H15BrClNO4/c15-10-7-9(1-2-11(10)16)12(18)17-8-14(13(19)20)3-5-21-6-4-14/h1-2,7H,3-6,8H2,(H,17,18)(H,19,20). The van der Waals surface area contributed by atoms with E-state index < -0.39 is 11.4 Å². The third kappa shape index (κ3) is 3.75. The van der Waals surface area contributed by atoms with Crippen molar-refractivity contribution in [1.29, 1.82) is 0 Å². The Morgan fingerprint density at radius 3 is 2.62 bits per heavy atom. The first-order valence-electron chi connectivity index (χ1n) is 6.49. The molecule has 114 valence electrons. The first-order valence-corrected chi connectivity index (χ1v) is 7.66. The van der Waals surface area contributed by atoms with Crippen molar-refractivity contribution in [2.45, 2.75) is 12.8 Å². The number of ether oxygens (including phenoxy) is 1. The Morgan fingerprint density at radius 1 is 1.38 bits per heavy atom. The second-order valence-corrected chi connectivity index (χ2v) is 6.27. The topological polar surface area (TPSA) is 75.6 Å². The molecule has 0 saturated carbocycles. The predicted octanol–water partition coefficient (Wildman–Crippen LogP) is 2.71. The van der Waals surface area contributed by atoms with Crippen LogP contribution >= 0.6 is 27.5 Å². The molecule has 21 heavy (non-hydrogen) atoms. The van der Waals surface area contributed by atoms with E-state index in [1.807, 2.05) is 0 Å². The number of amides is 1. The molecule has 1 saturated heterocycles. The van der Waals surface area contributed by atoms with Crippen LogP contribution in [0.4, 0.5) is 0 Å². The van der Waals surface area contributed by atoms with Gasteiger partial charge >= 0.3 is 5.97 Å². The van der Waals surface area contributed by atoms with Crippen molar-refractivity contribution in [3.05, 3.63) is 33.3 Å². The lowest BCUT2D eigenvalue weighted by molar-refractivity contribution is -0.154. The Labute approximate surface area is 135 Å². The number of halogens is 2. The van der Waals surface area contributed by atoms with E-state index in [1.165, 1.54) is 0 Å². The van der Waals surface area contributed by atoms with Crippen molar-refractivity contribution < 1.29 is 19.4 Å². The second-order valence-electron chi connectivity index (χ2n) is 5.01. The minimum atomic E-state index is -0.947. The molecule has 0 aliphatic carbocycles. The number of carbonyl (C=O) groups is 2. The highest BCUT2D eigenvalue weighted by molar-refractivity contribution is 9.10. The lowest BCUT2D eigenvalue weighted by Gasteiger charge is -2.33. The molecule has 1 fully saturated rings. The number of carboxylic acid groups (broad SMARTS) is 1. The van der Waals surface area contributed by atoms with Crippen molar-refractivity contribution in [3.8, 4) is 0 Å². The summed E-state index contributed by atoms with van der Waals surface area (Å²) in [6, 6.07) is 4.82. The highest BCUT2D eigenvalue weighted by Crippen LogP contribution is 2.30. The fourth-order valence-electron chi connectivity index (χ4n) is 2.22. The minimum absolute atomic E-state index is 0.0881. The smallest absolute Gasteiger partial charge is 0.311 e. The van der Waals surface area contributed by atoms with Crippen LogP contribution in [0.2, 0.25) is 5.02 Å². The maximum atomic E-state index is 12.1. The molecule has 1 aromatic carbocycles. The summed E-state index contributed by atoms with van der Waals surface area (Å²) in [5.74, 6) is -1.22. The molecule has 7 heteroatoms. The molecule has 0 atom stereocenters. The lowest BCUT2D eigenvalue weighted by atomic mass is 9.80. The number of rotatable bonds is 4. The summed E-state index contributed by atoms with van der Waals surface area (Å²) in [4.78, 5) is 23.6. The Kier molecular flexibility index (Phi) is 5.24. The molecule has 0 spiro atoms. The third-order valence-corrected chi connectivity index (χ3v) is 4.89. The van der Waals surface area contributed by atoms with Crippen molar-refractivity contribution in [2.75, 3.05) is 19.8 Å². The highest BCUT2D eigenvalue weighted by Gasteiger charge is 2.40. The van der Waals surface area contributed by atoms with Gasteiger partial charge in [0.2, 0.25) is 0 Å². The average Bonchev–Trinajstić information content (AvgIpc) is 2.48. The van der Waals surface area contributed by atoms with Crippen LogP contribution in [0.3, 0.4) is 0 Å². The number of carboxylic acids is 1. The third-order valence-electron chi connectivity index (χ3n) is 3.67.